The number of nitrogens with zero attached hydrogens (tertiary/aromatic N) is 2. The second-order valence-electron chi connectivity index (χ2n) is 2.57. The number of aliphatic carboxylic acids is 1. The zero-order valence-corrected chi connectivity index (χ0v) is 6.90. The first-order chi connectivity index (χ1) is 5.52. The lowest BCUT2D eigenvalue weighted by Crippen LogP contribution is -2.05. The number of carbonyl (C=O) groups is 1. The highest BCUT2D eigenvalue weighted by Gasteiger charge is 2.14. The molecule has 0 unspecified atom stereocenters. The Hall–Kier alpha value is -1.52. The highest BCUT2D eigenvalue weighted by Crippen LogP contribution is 2.20. The van der Waals surface area contributed by atoms with E-state index in [0.29, 0.717) is 11.4 Å². The molecule has 12 heavy (non-hydrogen) atoms. The van der Waals surface area contributed by atoms with Gasteiger partial charge in [0.1, 0.15) is 5.69 Å². The van der Waals surface area contributed by atoms with E-state index in [0.717, 1.165) is 0 Å². The van der Waals surface area contributed by atoms with Gasteiger partial charge in [-0.15, -0.1) is 0 Å². The lowest BCUT2D eigenvalue weighted by molar-refractivity contribution is -0.136. The topological polar surface area (TPSA) is 75.4 Å². The van der Waals surface area contributed by atoms with Crippen molar-refractivity contribution in [1.29, 1.82) is 0 Å². The summed E-state index contributed by atoms with van der Waals surface area (Å²) in [5, 5.41) is 21.7. The van der Waals surface area contributed by atoms with Crippen molar-refractivity contribution < 1.29 is 15.0 Å². The maximum absolute atomic E-state index is 10.3. The van der Waals surface area contributed by atoms with Crippen LogP contribution < -0.4 is 0 Å². The number of hydrogen-bond acceptors (Lipinski definition) is 3. The number of carboxylic acid groups (broad SMARTS) is 1. The van der Waals surface area contributed by atoms with Gasteiger partial charge in [0.15, 0.2) is 5.75 Å². The third-order valence-corrected chi connectivity index (χ3v) is 1.63. The van der Waals surface area contributed by atoms with Crippen molar-refractivity contribution in [3.8, 4) is 5.75 Å². The summed E-state index contributed by atoms with van der Waals surface area (Å²) in [6.07, 6.45) is -0.205. The minimum absolute atomic E-state index is 0.0279. The molecule has 1 aromatic heterocycles. The lowest BCUT2D eigenvalue weighted by atomic mass is 10.2. The largest absolute Gasteiger partial charge is 0.504 e. The van der Waals surface area contributed by atoms with Crippen molar-refractivity contribution in [1.82, 2.24) is 9.78 Å². The van der Waals surface area contributed by atoms with Crippen LogP contribution >= 0.6 is 0 Å². The Morgan fingerprint density at radius 2 is 2.25 bits per heavy atom. The molecule has 0 aliphatic carbocycles. The van der Waals surface area contributed by atoms with Crippen molar-refractivity contribution in [3.05, 3.63) is 11.4 Å². The molecule has 1 heterocycles. The van der Waals surface area contributed by atoms with Gasteiger partial charge in [-0.3, -0.25) is 9.48 Å². The summed E-state index contributed by atoms with van der Waals surface area (Å²) in [6, 6.07) is 0. The minimum Gasteiger partial charge on any atom is -0.504 e. The first-order valence-corrected chi connectivity index (χ1v) is 3.45. The van der Waals surface area contributed by atoms with Crippen LogP contribution in [0.2, 0.25) is 0 Å². The fourth-order valence-electron chi connectivity index (χ4n) is 1.04. The van der Waals surface area contributed by atoms with Crippen LogP contribution in [0.25, 0.3) is 0 Å². The van der Waals surface area contributed by atoms with E-state index in [1.54, 1.807) is 14.0 Å². The maximum Gasteiger partial charge on any atom is 0.309 e. The van der Waals surface area contributed by atoms with Crippen molar-refractivity contribution in [2.24, 2.45) is 7.05 Å². The van der Waals surface area contributed by atoms with Crippen molar-refractivity contribution in [2.45, 2.75) is 13.3 Å². The van der Waals surface area contributed by atoms with Gasteiger partial charge in [-0.1, -0.05) is 0 Å². The minimum atomic E-state index is -0.978. The summed E-state index contributed by atoms with van der Waals surface area (Å²) in [6.45, 7) is 1.63. The first-order valence-electron chi connectivity index (χ1n) is 3.45. The van der Waals surface area contributed by atoms with E-state index in [1.807, 2.05) is 0 Å². The third-order valence-electron chi connectivity index (χ3n) is 1.63. The average Bonchev–Trinajstić information content (AvgIpc) is 2.16. The molecule has 0 aromatic carbocycles. The van der Waals surface area contributed by atoms with Gasteiger partial charge in [-0.05, 0) is 6.92 Å². The monoisotopic (exact) mass is 170 g/mol. The van der Waals surface area contributed by atoms with Crippen LogP contribution in [0.5, 0.6) is 5.75 Å². The molecule has 0 atom stereocenters. The van der Waals surface area contributed by atoms with E-state index in [1.165, 1.54) is 4.68 Å². The molecule has 0 fully saturated rings. The number of aromatic hydroxyl groups is 1. The highest BCUT2D eigenvalue weighted by atomic mass is 16.4. The molecular weight excluding hydrogens is 160 g/mol. The van der Waals surface area contributed by atoms with Crippen LogP contribution in [0.15, 0.2) is 0 Å². The van der Waals surface area contributed by atoms with Crippen LogP contribution in [0.1, 0.15) is 11.4 Å². The van der Waals surface area contributed by atoms with E-state index in [9.17, 15) is 9.90 Å². The van der Waals surface area contributed by atoms with Gasteiger partial charge in [-0.25, -0.2) is 0 Å². The fraction of sp³-hybridized carbons (Fsp3) is 0.429. The molecule has 1 rings (SSSR count). The van der Waals surface area contributed by atoms with E-state index in [2.05, 4.69) is 5.10 Å². The SMILES string of the molecule is Cc1nn(C)c(CC(=O)O)c1O. The van der Waals surface area contributed by atoms with Crippen molar-refractivity contribution >= 4 is 5.97 Å². The molecule has 5 heteroatoms. The first kappa shape index (κ1) is 8.58. The molecule has 0 radical (unpaired) electrons. The standard InChI is InChI=1S/C7H10N2O3/c1-4-7(12)5(3-6(10)11)9(2)8-4/h12H,3H2,1-2H3,(H,10,11). The summed E-state index contributed by atoms with van der Waals surface area (Å²) in [7, 11) is 1.60. The zero-order chi connectivity index (χ0) is 9.30. The van der Waals surface area contributed by atoms with Crippen LogP contribution in [0, 0.1) is 6.92 Å². The van der Waals surface area contributed by atoms with E-state index in [-0.39, 0.29) is 12.2 Å². The smallest absolute Gasteiger partial charge is 0.309 e. The summed E-state index contributed by atoms with van der Waals surface area (Å²) in [5.41, 5.74) is 0.786. The molecule has 0 saturated carbocycles. The van der Waals surface area contributed by atoms with Crippen LogP contribution in [0.3, 0.4) is 0 Å². The average molecular weight is 170 g/mol. The molecule has 0 bridgehead atoms. The number of aryl methyl sites for hydroxylation is 2. The van der Waals surface area contributed by atoms with Crippen molar-refractivity contribution in [2.75, 3.05) is 0 Å². The quantitative estimate of drug-likeness (QED) is 0.658. The Morgan fingerprint density at radius 3 is 2.58 bits per heavy atom. The molecule has 0 amide bonds. The van der Waals surface area contributed by atoms with Crippen molar-refractivity contribution in [3.63, 3.8) is 0 Å². The predicted molar refractivity (Wildman–Crippen MR) is 40.9 cm³/mol. The Bertz CT molecular complexity index is 317. The van der Waals surface area contributed by atoms with Crippen LogP contribution in [-0.2, 0) is 18.3 Å². The molecule has 0 saturated heterocycles. The lowest BCUT2D eigenvalue weighted by Gasteiger charge is -1.97. The normalized spacial score (nSPS) is 10.2. The molecule has 5 nitrogen and oxygen atoms in total. The zero-order valence-electron chi connectivity index (χ0n) is 6.90. The Balaban J connectivity index is 3.05. The van der Waals surface area contributed by atoms with Crippen LogP contribution in [-0.4, -0.2) is 26.0 Å². The fourth-order valence-corrected chi connectivity index (χ4v) is 1.04. The number of hydrogen-bond donors (Lipinski definition) is 2. The molecule has 0 aliphatic heterocycles. The second-order valence-corrected chi connectivity index (χ2v) is 2.57. The Labute approximate surface area is 69.2 Å². The van der Waals surface area contributed by atoms with Gasteiger partial charge in [0.05, 0.1) is 12.1 Å². The number of aromatic nitrogens is 2. The maximum atomic E-state index is 10.3. The van der Waals surface area contributed by atoms with E-state index in [4.69, 9.17) is 5.11 Å². The van der Waals surface area contributed by atoms with Gasteiger partial charge in [0.25, 0.3) is 0 Å². The van der Waals surface area contributed by atoms with E-state index < -0.39 is 5.97 Å². The second kappa shape index (κ2) is 2.84. The van der Waals surface area contributed by atoms with Gasteiger partial charge in [0.2, 0.25) is 0 Å². The van der Waals surface area contributed by atoms with Gasteiger partial charge in [0, 0.05) is 7.05 Å². The molecule has 66 valence electrons. The third kappa shape index (κ3) is 1.39. The van der Waals surface area contributed by atoms with Gasteiger partial charge < -0.3 is 10.2 Å². The molecule has 0 spiro atoms. The summed E-state index contributed by atoms with van der Waals surface area (Å²) in [4.78, 5) is 10.3. The highest BCUT2D eigenvalue weighted by molar-refractivity contribution is 5.70. The Morgan fingerprint density at radius 1 is 1.67 bits per heavy atom. The molecule has 0 aliphatic rings. The Kier molecular flexibility index (Phi) is 2.03. The number of rotatable bonds is 2. The molecule has 2 N–H and O–H groups in total. The molecular formula is C7H10N2O3. The summed E-state index contributed by atoms with van der Waals surface area (Å²) >= 11 is 0. The molecule has 1 aromatic rings. The van der Waals surface area contributed by atoms with Gasteiger partial charge in [-0.2, -0.15) is 5.10 Å². The predicted octanol–water partition coefficient (Wildman–Crippen LogP) is 0.0612. The van der Waals surface area contributed by atoms with Gasteiger partial charge >= 0.3 is 5.97 Å². The summed E-state index contributed by atoms with van der Waals surface area (Å²) < 4.78 is 1.37. The van der Waals surface area contributed by atoms with Crippen LogP contribution in [0.4, 0.5) is 0 Å². The van der Waals surface area contributed by atoms with E-state index >= 15 is 0 Å². The summed E-state index contributed by atoms with van der Waals surface area (Å²) in [5.74, 6) is -1.01. The number of carboxylic acids is 1.